The van der Waals surface area contributed by atoms with Gasteiger partial charge < -0.3 is 15.4 Å². The minimum Gasteiger partial charge on any atom is -0.496 e. The summed E-state index contributed by atoms with van der Waals surface area (Å²) >= 11 is 0. The first-order chi connectivity index (χ1) is 7.88. The van der Waals surface area contributed by atoms with Crippen molar-refractivity contribution in [3.05, 3.63) is 23.8 Å². The van der Waals surface area contributed by atoms with E-state index < -0.39 is 0 Å². The summed E-state index contributed by atoms with van der Waals surface area (Å²) in [6.45, 7) is 6.32. The fraction of sp³-hybridized carbons (Fsp3) is 0.462. The number of ether oxygens (including phenoxy) is 1. The second-order valence-electron chi connectivity index (χ2n) is 4.87. The number of benzene rings is 1. The van der Waals surface area contributed by atoms with Crippen LogP contribution in [0.5, 0.6) is 5.75 Å². The van der Waals surface area contributed by atoms with E-state index in [2.05, 4.69) is 31.4 Å². The standard InChI is InChI=1S/C13H20N2O2/c1-13(2,3)10-8-9(15-12(16)14-4)6-7-11(10)17-5/h6-8H,1-5H3,(H2,14,15,16). The lowest BCUT2D eigenvalue weighted by Crippen LogP contribution is -2.24. The Morgan fingerprint density at radius 1 is 1.29 bits per heavy atom. The predicted molar refractivity (Wildman–Crippen MR) is 69.8 cm³/mol. The van der Waals surface area contributed by atoms with Crippen LogP contribution in [0.1, 0.15) is 26.3 Å². The van der Waals surface area contributed by atoms with Gasteiger partial charge in [-0.1, -0.05) is 20.8 Å². The first-order valence-corrected chi connectivity index (χ1v) is 5.55. The largest absolute Gasteiger partial charge is 0.496 e. The Hall–Kier alpha value is -1.71. The molecular weight excluding hydrogens is 216 g/mol. The van der Waals surface area contributed by atoms with Crippen LogP contribution in [0.15, 0.2) is 18.2 Å². The molecule has 0 saturated heterocycles. The second-order valence-corrected chi connectivity index (χ2v) is 4.87. The molecule has 0 radical (unpaired) electrons. The minimum absolute atomic E-state index is 0.0360. The Balaban J connectivity index is 3.09. The maximum absolute atomic E-state index is 11.2. The molecule has 4 nitrogen and oxygen atoms in total. The Kier molecular flexibility index (Phi) is 3.99. The van der Waals surface area contributed by atoms with Gasteiger partial charge in [-0.2, -0.15) is 0 Å². The van der Waals surface area contributed by atoms with E-state index in [1.165, 1.54) is 0 Å². The summed E-state index contributed by atoms with van der Waals surface area (Å²) in [5.74, 6) is 0.833. The fourth-order valence-electron chi connectivity index (χ4n) is 1.57. The summed E-state index contributed by atoms with van der Waals surface area (Å²) in [5.41, 5.74) is 1.79. The number of nitrogens with one attached hydrogen (secondary N) is 2. The highest BCUT2D eigenvalue weighted by Crippen LogP contribution is 2.33. The number of anilines is 1. The first-order valence-electron chi connectivity index (χ1n) is 5.55. The highest BCUT2D eigenvalue weighted by molar-refractivity contribution is 5.89. The molecule has 0 aromatic heterocycles. The molecule has 0 bridgehead atoms. The number of carbonyl (C=O) groups is 1. The molecule has 1 aromatic rings. The van der Waals surface area contributed by atoms with Crippen LogP contribution in [0.2, 0.25) is 0 Å². The maximum atomic E-state index is 11.2. The zero-order valence-electron chi connectivity index (χ0n) is 11.0. The van der Waals surface area contributed by atoms with Crippen LogP contribution >= 0.6 is 0 Å². The van der Waals surface area contributed by atoms with E-state index in [-0.39, 0.29) is 11.4 Å². The molecule has 94 valence electrons. The van der Waals surface area contributed by atoms with Gasteiger partial charge in [0.25, 0.3) is 0 Å². The summed E-state index contributed by atoms with van der Waals surface area (Å²) in [6.07, 6.45) is 0. The van der Waals surface area contributed by atoms with E-state index in [0.29, 0.717) is 0 Å². The molecule has 4 heteroatoms. The lowest BCUT2D eigenvalue weighted by molar-refractivity contribution is 0.254. The van der Waals surface area contributed by atoms with Crippen molar-refractivity contribution in [2.24, 2.45) is 0 Å². The van der Waals surface area contributed by atoms with E-state index in [1.54, 1.807) is 14.2 Å². The summed E-state index contributed by atoms with van der Waals surface area (Å²) in [4.78, 5) is 11.2. The van der Waals surface area contributed by atoms with Gasteiger partial charge in [-0.05, 0) is 23.6 Å². The Bertz CT molecular complexity index is 408. The number of hydrogen-bond acceptors (Lipinski definition) is 2. The van der Waals surface area contributed by atoms with Gasteiger partial charge in [0, 0.05) is 18.3 Å². The third-order valence-corrected chi connectivity index (χ3v) is 2.49. The van der Waals surface area contributed by atoms with Crippen LogP contribution in [-0.4, -0.2) is 20.2 Å². The predicted octanol–water partition coefficient (Wildman–Crippen LogP) is 2.74. The van der Waals surface area contributed by atoms with Crippen LogP contribution in [0, 0.1) is 0 Å². The van der Waals surface area contributed by atoms with E-state index in [1.807, 2.05) is 18.2 Å². The molecule has 0 aliphatic rings. The van der Waals surface area contributed by atoms with Crippen molar-refractivity contribution in [1.29, 1.82) is 0 Å². The van der Waals surface area contributed by atoms with Gasteiger partial charge in [0.15, 0.2) is 0 Å². The highest BCUT2D eigenvalue weighted by Gasteiger charge is 2.19. The smallest absolute Gasteiger partial charge is 0.318 e. The highest BCUT2D eigenvalue weighted by atomic mass is 16.5. The molecule has 1 aromatic carbocycles. The monoisotopic (exact) mass is 236 g/mol. The van der Waals surface area contributed by atoms with Gasteiger partial charge in [-0.15, -0.1) is 0 Å². The molecular formula is C13H20N2O2. The third-order valence-electron chi connectivity index (χ3n) is 2.49. The van der Waals surface area contributed by atoms with Gasteiger partial charge in [0.05, 0.1) is 7.11 Å². The lowest BCUT2D eigenvalue weighted by atomic mass is 9.86. The lowest BCUT2D eigenvalue weighted by Gasteiger charge is -2.23. The molecule has 0 fully saturated rings. The van der Waals surface area contributed by atoms with Gasteiger partial charge in [0.1, 0.15) is 5.75 Å². The molecule has 17 heavy (non-hydrogen) atoms. The van der Waals surface area contributed by atoms with Crippen molar-refractivity contribution in [3.63, 3.8) is 0 Å². The first kappa shape index (κ1) is 13.4. The molecule has 0 heterocycles. The second kappa shape index (κ2) is 5.08. The number of hydrogen-bond donors (Lipinski definition) is 2. The van der Waals surface area contributed by atoms with E-state index in [9.17, 15) is 4.79 Å². The number of amides is 2. The quantitative estimate of drug-likeness (QED) is 0.829. The molecule has 0 aliphatic carbocycles. The average Bonchev–Trinajstić information content (AvgIpc) is 2.27. The zero-order chi connectivity index (χ0) is 13.1. The van der Waals surface area contributed by atoms with E-state index in [0.717, 1.165) is 17.0 Å². The molecule has 2 amide bonds. The normalized spacial score (nSPS) is 10.9. The summed E-state index contributed by atoms with van der Waals surface area (Å²) in [7, 11) is 3.24. The van der Waals surface area contributed by atoms with Gasteiger partial charge >= 0.3 is 6.03 Å². The van der Waals surface area contributed by atoms with Gasteiger partial charge in [0.2, 0.25) is 0 Å². The van der Waals surface area contributed by atoms with Crippen LogP contribution in [0.3, 0.4) is 0 Å². The van der Waals surface area contributed by atoms with Gasteiger partial charge in [-0.25, -0.2) is 4.79 Å². The van der Waals surface area contributed by atoms with Crippen molar-refractivity contribution in [2.45, 2.75) is 26.2 Å². The third kappa shape index (κ3) is 3.37. The number of methoxy groups -OCH3 is 1. The van der Waals surface area contributed by atoms with Crippen molar-refractivity contribution < 1.29 is 9.53 Å². The molecule has 0 spiro atoms. The SMILES string of the molecule is CNC(=O)Nc1ccc(OC)c(C(C)(C)C)c1. The van der Waals surface area contributed by atoms with E-state index in [4.69, 9.17) is 4.74 Å². The number of rotatable bonds is 2. The maximum Gasteiger partial charge on any atom is 0.318 e. The van der Waals surface area contributed by atoms with Crippen LogP contribution in [0.25, 0.3) is 0 Å². The van der Waals surface area contributed by atoms with Crippen molar-refractivity contribution in [1.82, 2.24) is 5.32 Å². The Morgan fingerprint density at radius 2 is 1.94 bits per heavy atom. The molecule has 2 N–H and O–H groups in total. The van der Waals surface area contributed by atoms with Gasteiger partial charge in [-0.3, -0.25) is 0 Å². The van der Waals surface area contributed by atoms with Crippen LogP contribution in [0.4, 0.5) is 10.5 Å². The number of urea groups is 1. The van der Waals surface area contributed by atoms with Crippen molar-refractivity contribution in [3.8, 4) is 5.75 Å². The Morgan fingerprint density at radius 3 is 2.41 bits per heavy atom. The molecule has 0 saturated carbocycles. The Labute approximate surface area is 102 Å². The van der Waals surface area contributed by atoms with Crippen LogP contribution in [-0.2, 0) is 5.41 Å². The zero-order valence-corrected chi connectivity index (χ0v) is 11.0. The number of carbonyl (C=O) groups excluding carboxylic acids is 1. The summed E-state index contributed by atoms with van der Waals surface area (Å²) in [6, 6.07) is 5.40. The fourth-order valence-corrected chi connectivity index (χ4v) is 1.57. The average molecular weight is 236 g/mol. The summed E-state index contributed by atoms with van der Waals surface area (Å²) < 4.78 is 5.33. The minimum atomic E-state index is -0.227. The molecule has 1 rings (SSSR count). The molecule has 0 unspecified atom stereocenters. The van der Waals surface area contributed by atoms with Crippen molar-refractivity contribution in [2.75, 3.05) is 19.5 Å². The topological polar surface area (TPSA) is 50.4 Å². The summed E-state index contributed by atoms with van der Waals surface area (Å²) in [5, 5.41) is 5.27. The molecule has 0 atom stereocenters. The van der Waals surface area contributed by atoms with Crippen molar-refractivity contribution >= 4 is 11.7 Å². The molecule has 0 aliphatic heterocycles. The van der Waals surface area contributed by atoms with E-state index >= 15 is 0 Å². The van der Waals surface area contributed by atoms with Crippen LogP contribution < -0.4 is 15.4 Å².